The number of fused-ring (bicyclic) bond motifs is 1. The zero-order valence-electron chi connectivity index (χ0n) is 12.1. The molecule has 3 heteroatoms. The number of hydrogen-bond donors (Lipinski definition) is 1. The van der Waals surface area contributed by atoms with Crippen molar-refractivity contribution in [1.82, 2.24) is 4.98 Å². The van der Waals surface area contributed by atoms with Crippen molar-refractivity contribution in [2.45, 2.75) is 19.9 Å². The molecule has 2 N–H and O–H groups in total. The third-order valence-electron chi connectivity index (χ3n) is 3.78. The summed E-state index contributed by atoms with van der Waals surface area (Å²) in [5.74, 6) is -0.237. The number of nitrogens with two attached hydrogens (primary N) is 1. The summed E-state index contributed by atoms with van der Waals surface area (Å²) in [6.45, 7) is 3.84. The molecule has 1 aromatic heterocycles. The molecule has 106 valence electrons. The third kappa shape index (κ3) is 2.52. The van der Waals surface area contributed by atoms with Gasteiger partial charge in [0, 0.05) is 11.1 Å². The number of hydrogen-bond acceptors (Lipinski definition) is 2. The van der Waals surface area contributed by atoms with Gasteiger partial charge in [0.2, 0.25) is 0 Å². The summed E-state index contributed by atoms with van der Waals surface area (Å²) in [5, 5.41) is 1.04. The molecule has 0 radical (unpaired) electrons. The first-order valence-electron chi connectivity index (χ1n) is 6.94. The van der Waals surface area contributed by atoms with E-state index in [2.05, 4.69) is 4.98 Å². The maximum Gasteiger partial charge on any atom is 0.123 e. The second-order valence-corrected chi connectivity index (χ2v) is 5.35. The predicted octanol–water partition coefficient (Wildman–Crippen LogP) is 4.04. The normalized spacial score (nSPS) is 12.6. The highest BCUT2D eigenvalue weighted by Crippen LogP contribution is 2.29. The van der Waals surface area contributed by atoms with Crippen LogP contribution < -0.4 is 5.73 Å². The van der Waals surface area contributed by atoms with E-state index in [-0.39, 0.29) is 11.9 Å². The predicted molar refractivity (Wildman–Crippen MR) is 83.6 cm³/mol. The fourth-order valence-corrected chi connectivity index (χ4v) is 2.75. The summed E-state index contributed by atoms with van der Waals surface area (Å²) in [5.41, 5.74) is 11.1. The quantitative estimate of drug-likeness (QED) is 0.769. The van der Waals surface area contributed by atoms with Gasteiger partial charge in [0.05, 0.1) is 11.6 Å². The van der Waals surface area contributed by atoms with Crippen LogP contribution in [-0.2, 0) is 0 Å². The molecular formula is C18H17FN2. The van der Waals surface area contributed by atoms with Crippen molar-refractivity contribution in [3.63, 3.8) is 0 Å². The molecule has 0 bridgehead atoms. The van der Waals surface area contributed by atoms with Crippen molar-refractivity contribution in [2.24, 2.45) is 5.73 Å². The first-order valence-corrected chi connectivity index (χ1v) is 6.94. The molecule has 2 aromatic carbocycles. The molecule has 2 nitrogen and oxygen atoms in total. The SMILES string of the molecule is Cc1cc(C(N)c2ccc(F)cc2C)c2ccccc2n1. The summed E-state index contributed by atoms with van der Waals surface area (Å²) in [7, 11) is 0. The molecule has 0 aliphatic heterocycles. The van der Waals surface area contributed by atoms with Gasteiger partial charge < -0.3 is 5.73 Å². The van der Waals surface area contributed by atoms with Crippen LogP contribution in [0.5, 0.6) is 0 Å². The van der Waals surface area contributed by atoms with Crippen molar-refractivity contribution in [1.29, 1.82) is 0 Å². The van der Waals surface area contributed by atoms with Gasteiger partial charge in [0.1, 0.15) is 5.82 Å². The smallest absolute Gasteiger partial charge is 0.123 e. The second kappa shape index (κ2) is 5.26. The van der Waals surface area contributed by atoms with Gasteiger partial charge in [-0.1, -0.05) is 24.3 Å². The first-order chi connectivity index (χ1) is 10.1. The number of para-hydroxylation sites is 1. The number of nitrogens with zero attached hydrogens (tertiary/aromatic N) is 1. The molecule has 1 unspecified atom stereocenters. The summed E-state index contributed by atoms with van der Waals surface area (Å²) < 4.78 is 13.3. The molecule has 3 rings (SSSR count). The van der Waals surface area contributed by atoms with Gasteiger partial charge in [0.25, 0.3) is 0 Å². The van der Waals surface area contributed by atoms with E-state index in [9.17, 15) is 4.39 Å². The third-order valence-corrected chi connectivity index (χ3v) is 3.78. The number of rotatable bonds is 2. The number of benzene rings is 2. The highest BCUT2D eigenvalue weighted by Gasteiger charge is 2.15. The maximum atomic E-state index is 13.3. The average Bonchev–Trinajstić information content (AvgIpc) is 2.45. The standard InChI is InChI=1S/C18H17FN2/c1-11-9-13(19)7-8-14(11)18(20)16-10-12(2)21-17-6-4-3-5-15(16)17/h3-10,18H,20H2,1-2H3. The first kappa shape index (κ1) is 13.7. The Morgan fingerprint density at radius 3 is 2.52 bits per heavy atom. The van der Waals surface area contributed by atoms with Crippen LogP contribution in [0.15, 0.2) is 48.5 Å². The Kier molecular flexibility index (Phi) is 3.43. The Morgan fingerprint density at radius 1 is 1.00 bits per heavy atom. The van der Waals surface area contributed by atoms with Crippen molar-refractivity contribution in [3.05, 3.63) is 76.7 Å². The number of halogens is 1. The Morgan fingerprint density at radius 2 is 1.76 bits per heavy atom. The number of aryl methyl sites for hydroxylation is 2. The molecular weight excluding hydrogens is 263 g/mol. The fourth-order valence-electron chi connectivity index (χ4n) is 2.75. The molecule has 21 heavy (non-hydrogen) atoms. The van der Waals surface area contributed by atoms with Gasteiger partial charge in [0.15, 0.2) is 0 Å². The average molecular weight is 280 g/mol. The van der Waals surface area contributed by atoms with Gasteiger partial charge >= 0.3 is 0 Å². The molecule has 0 aliphatic rings. The van der Waals surface area contributed by atoms with Gasteiger partial charge in [-0.2, -0.15) is 0 Å². The summed E-state index contributed by atoms with van der Waals surface area (Å²) >= 11 is 0. The molecule has 1 heterocycles. The molecule has 1 atom stereocenters. The summed E-state index contributed by atoms with van der Waals surface area (Å²) in [6.07, 6.45) is 0. The van der Waals surface area contributed by atoms with E-state index in [0.29, 0.717) is 0 Å². The minimum absolute atomic E-state index is 0.237. The zero-order chi connectivity index (χ0) is 15.0. The number of aromatic nitrogens is 1. The van der Waals surface area contributed by atoms with E-state index in [4.69, 9.17) is 5.73 Å². The van der Waals surface area contributed by atoms with Crippen molar-refractivity contribution in [2.75, 3.05) is 0 Å². The minimum atomic E-state index is -0.294. The monoisotopic (exact) mass is 280 g/mol. The van der Waals surface area contributed by atoms with E-state index < -0.39 is 0 Å². The topological polar surface area (TPSA) is 38.9 Å². The van der Waals surface area contributed by atoms with E-state index in [1.165, 1.54) is 12.1 Å². The Balaban J connectivity index is 2.19. The van der Waals surface area contributed by atoms with Gasteiger partial charge in [-0.3, -0.25) is 4.98 Å². The lowest BCUT2D eigenvalue weighted by atomic mass is 9.93. The molecule has 0 amide bonds. The van der Waals surface area contributed by atoms with Crippen LogP contribution in [0.2, 0.25) is 0 Å². The lowest BCUT2D eigenvalue weighted by molar-refractivity contribution is 0.625. The number of pyridine rings is 1. The fraction of sp³-hybridized carbons (Fsp3) is 0.167. The zero-order valence-corrected chi connectivity index (χ0v) is 12.1. The van der Waals surface area contributed by atoms with Crippen LogP contribution in [0.25, 0.3) is 10.9 Å². The molecule has 0 saturated carbocycles. The van der Waals surface area contributed by atoms with E-state index in [1.807, 2.05) is 44.2 Å². The molecule has 3 aromatic rings. The van der Waals surface area contributed by atoms with Crippen LogP contribution in [-0.4, -0.2) is 4.98 Å². The Bertz CT molecular complexity index is 811. The Hall–Kier alpha value is -2.26. The largest absolute Gasteiger partial charge is 0.320 e. The lowest BCUT2D eigenvalue weighted by Gasteiger charge is -2.18. The van der Waals surface area contributed by atoms with Crippen molar-refractivity contribution < 1.29 is 4.39 Å². The van der Waals surface area contributed by atoms with E-state index in [0.717, 1.165) is 33.3 Å². The van der Waals surface area contributed by atoms with E-state index in [1.54, 1.807) is 6.07 Å². The molecule has 0 spiro atoms. The van der Waals surface area contributed by atoms with Gasteiger partial charge in [-0.05, 0) is 54.8 Å². The van der Waals surface area contributed by atoms with Gasteiger partial charge in [-0.25, -0.2) is 4.39 Å². The highest BCUT2D eigenvalue weighted by molar-refractivity contribution is 5.83. The van der Waals surface area contributed by atoms with Crippen LogP contribution in [0, 0.1) is 19.7 Å². The Labute approximate surface area is 123 Å². The van der Waals surface area contributed by atoms with Crippen LogP contribution in [0.3, 0.4) is 0 Å². The van der Waals surface area contributed by atoms with Gasteiger partial charge in [-0.15, -0.1) is 0 Å². The van der Waals surface area contributed by atoms with E-state index >= 15 is 0 Å². The minimum Gasteiger partial charge on any atom is -0.320 e. The highest BCUT2D eigenvalue weighted by atomic mass is 19.1. The second-order valence-electron chi connectivity index (χ2n) is 5.35. The summed E-state index contributed by atoms with van der Waals surface area (Å²) in [4.78, 5) is 4.53. The van der Waals surface area contributed by atoms with Crippen molar-refractivity contribution in [3.8, 4) is 0 Å². The molecule has 0 fully saturated rings. The molecule has 0 aliphatic carbocycles. The van der Waals surface area contributed by atoms with Crippen LogP contribution >= 0.6 is 0 Å². The summed E-state index contributed by atoms with van der Waals surface area (Å²) in [6, 6.07) is 14.4. The van der Waals surface area contributed by atoms with Crippen LogP contribution in [0.1, 0.15) is 28.4 Å². The van der Waals surface area contributed by atoms with Crippen LogP contribution in [0.4, 0.5) is 4.39 Å². The molecule has 0 saturated heterocycles. The lowest BCUT2D eigenvalue weighted by Crippen LogP contribution is -2.14. The maximum absolute atomic E-state index is 13.3. The van der Waals surface area contributed by atoms with Crippen molar-refractivity contribution >= 4 is 10.9 Å².